The predicted octanol–water partition coefficient (Wildman–Crippen LogP) is 1.08. The van der Waals surface area contributed by atoms with E-state index >= 15 is 0 Å². The van der Waals surface area contributed by atoms with Gasteiger partial charge in [-0.05, 0) is 6.42 Å². The fourth-order valence-electron chi connectivity index (χ4n) is 0.379. The first-order valence-electron chi connectivity index (χ1n) is 2.65. The van der Waals surface area contributed by atoms with Crippen molar-refractivity contribution in [1.29, 1.82) is 0 Å². The van der Waals surface area contributed by atoms with Crippen molar-refractivity contribution < 1.29 is 9.59 Å². The predicted molar refractivity (Wildman–Crippen MR) is 36.7 cm³/mol. The third kappa shape index (κ3) is 3.24. The van der Waals surface area contributed by atoms with Crippen LogP contribution in [0.2, 0.25) is 0 Å². The first-order chi connectivity index (χ1) is 4.22. The van der Waals surface area contributed by atoms with Gasteiger partial charge in [-0.15, -0.1) is 0 Å². The molecule has 0 atom stereocenters. The van der Waals surface area contributed by atoms with Crippen molar-refractivity contribution in [3.63, 3.8) is 0 Å². The summed E-state index contributed by atoms with van der Waals surface area (Å²) < 4.78 is 0.872. The second-order valence-corrected chi connectivity index (χ2v) is 2.32. The number of amides is 2. The number of halogens is 1. The molecule has 0 bridgehead atoms. The average molecular weight is 194 g/mol. The zero-order chi connectivity index (χ0) is 7.28. The van der Waals surface area contributed by atoms with Crippen LogP contribution in [-0.4, -0.2) is 16.2 Å². The maximum Gasteiger partial charge on any atom is 0.239 e. The molecular formula is C5H8BrNO2. The number of carbonyl (C=O) groups is 2. The molecule has 0 saturated heterocycles. The maximum atomic E-state index is 10.6. The van der Waals surface area contributed by atoms with Crippen molar-refractivity contribution in [2.24, 2.45) is 0 Å². The van der Waals surface area contributed by atoms with Crippen LogP contribution in [0, 0.1) is 0 Å². The minimum Gasteiger partial charge on any atom is -0.277 e. The zero-order valence-electron chi connectivity index (χ0n) is 5.13. The first-order valence-corrected chi connectivity index (χ1v) is 3.36. The SMILES string of the molecule is CCCC(=O)N(Br)C=O. The van der Waals surface area contributed by atoms with Crippen LogP contribution in [0.1, 0.15) is 19.8 Å². The minimum atomic E-state index is -0.201. The number of rotatable bonds is 3. The summed E-state index contributed by atoms with van der Waals surface area (Å²) in [6.07, 6.45) is 1.61. The number of carbonyl (C=O) groups excluding carboxylic acids is 2. The van der Waals surface area contributed by atoms with Crippen LogP contribution in [0.15, 0.2) is 0 Å². The Balaban J connectivity index is 3.58. The second kappa shape index (κ2) is 4.49. The molecular weight excluding hydrogens is 186 g/mol. The Morgan fingerprint density at radius 1 is 1.78 bits per heavy atom. The number of hydrogen-bond donors (Lipinski definition) is 0. The van der Waals surface area contributed by atoms with Crippen molar-refractivity contribution >= 4 is 28.5 Å². The summed E-state index contributed by atoms with van der Waals surface area (Å²) in [7, 11) is 0. The van der Waals surface area contributed by atoms with Gasteiger partial charge in [0, 0.05) is 6.42 Å². The number of nitrogens with zero attached hydrogens (tertiary/aromatic N) is 1. The molecule has 9 heavy (non-hydrogen) atoms. The molecule has 2 amide bonds. The zero-order valence-corrected chi connectivity index (χ0v) is 6.72. The molecule has 0 fully saturated rings. The number of hydrogen-bond acceptors (Lipinski definition) is 2. The van der Waals surface area contributed by atoms with Crippen molar-refractivity contribution in [2.75, 3.05) is 0 Å². The highest BCUT2D eigenvalue weighted by molar-refractivity contribution is 9.08. The van der Waals surface area contributed by atoms with Gasteiger partial charge in [-0.1, -0.05) is 6.92 Å². The van der Waals surface area contributed by atoms with E-state index in [0.717, 1.165) is 10.3 Å². The lowest BCUT2D eigenvalue weighted by Gasteiger charge is -2.02. The van der Waals surface area contributed by atoms with E-state index in [1.807, 2.05) is 6.92 Å². The molecule has 0 aromatic rings. The summed E-state index contributed by atoms with van der Waals surface area (Å²) in [6.45, 7) is 1.88. The van der Waals surface area contributed by atoms with Crippen LogP contribution in [0.3, 0.4) is 0 Å². The first kappa shape index (κ1) is 8.62. The molecule has 0 aliphatic heterocycles. The molecule has 0 aliphatic carbocycles. The van der Waals surface area contributed by atoms with E-state index < -0.39 is 0 Å². The monoisotopic (exact) mass is 193 g/mol. The van der Waals surface area contributed by atoms with E-state index in [1.54, 1.807) is 0 Å². The average Bonchev–Trinajstić information content (AvgIpc) is 1.87. The van der Waals surface area contributed by atoms with E-state index in [-0.39, 0.29) is 5.91 Å². The summed E-state index contributed by atoms with van der Waals surface area (Å²) in [5.41, 5.74) is 0. The third-order valence-corrected chi connectivity index (χ3v) is 1.36. The fourth-order valence-corrected chi connectivity index (χ4v) is 0.557. The highest BCUT2D eigenvalue weighted by atomic mass is 79.9. The molecule has 0 saturated carbocycles. The van der Waals surface area contributed by atoms with Crippen LogP contribution < -0.4 is 0 Å². The van der Waals surface area contributed by atoms with Crippen molar-refractivity contribution in [3.8, 4) is 0 Å². The van der Waals surface area contributed by atoms with Crippen molar-refractivity contribution in [1.82, 2.24) is 3.93 Å². The fraction of sp³-hybridized carbons (Fsp3) is 0.600. The van der Waals surface area contributed by atoms with Gasteiger partial charge >= 0.3 is 0 Å². The van der Waals surface area contributed by atoms with Gasteiger partial charge < -0.3 is 0 Å². The van der Waals surface area contributed by atoms with E-state index in [0.29, 0.717) is 12.8 Å². The molecule has 0 aromatic heterocycles. The molecule has 0 unspecified atom stereocenters. The van der Waals surface area contributed by atoms with Crippen LogP contribution in [0.25, 0.3) is 0 Å². The standard InChI is InChI=1S/C5H8BrNO2/c1-2-3-5(9)7(6)4-8/h4H,2-3H2,1H3. The Kier molecular flexibility index (Phi) is 4.30. The summed E-state index contributed by atoms with van der Waals surface area (Å²) in [6, 6.07) is 0. The minimum absolute atomic E-state index is 0.201. The summed E-state index contributed by atoms with van der Waals surface area (Å²) in [5.74, 6) is -0.201. The van der Waals surface area contributed by atoms with Crippen LogP contribution in [-0.2, 0) is 9.59 Å². The normalized spacial score (nSPS) is 8.67. The summed E-state index contributed by atoms with van der Waals surface area (Å²) in [4.78, 5) is 20.5. The van der Waals surface area contributed by atoms with Gasteiger partial charge in [0.05, 0.1) is 16.1 Å². The van der Waals surface area contributed by atoms with Gasteiger partial charge in [-0.2, -0.15) is 0 Å². The van der Waals surface area contributed by atoms with Gasteiger partial charge in [0.25, 0.3) is 0 Å². The van der Waals surface area contributed by atoms with Crippen LogP contribution >= 0.6 is 16.1 Å². The van der Waals surface area contributed by atoms with Gasteiger partial charge in [0.2, 0.25) is 12.3 Å². The molecule has 4 heteroatoms. The lowest BCUT2D eigenvalue weighted by atomic mass is 10.3. The molecule has 3 nitrogen and oxygen atoms in total. The summed E-state index contributed by atoms with van der Waals surface area (Å²) in [5, 5.41) is 0. The topological polar surface area (TPSA) is 37.4 Å². The lowest BCUT2D eigenvalue weighted by molar-refractivity contribution is -0.131. The smallest absolute Gasteiger partial charge is 0.239 e. The molecule has 0 radical (unpaired) electrons. The largest absolute Gasteiger partial charge is 0.277 e. The van der Waals surface area contributed by atoms with Crippen LogP contribution in [0.5, 0.6) is 0 Å². The van der Waals surface area contributed by atoms with E-state index in [1.165, 1.54) is 0 Å². The Morgan fingerprint density at radius 2 is 2.33 bits per heavy atom. The van der Waals surface area contributed by atoms with Crippen LogP contribution in [0.4, 0.5) is 0 Å². The molecule has 0 spiro atoms. The Hall–Kier alpha value is -0.380. The molecule has 52 valence electrons. The molecule has 0 heterocycles. The molecule has 0 aliphatic rings. The van der Waals surface area contributed by atoms with Crippen molar-refractivity contribution in [2.45, 2.75) is 19.8 Å². The third-order valence-electron chi connectivity index (χ3n) is 0.795. The van der Waals surface area contributed by atoms with Gasteiger partial charge in [-0.3, -0.25) is 9.59 Å². The molecule has 0 N–H and O–H groups in total. The Labute approximate surface area is 62.4 Å². The van der Waals surface area contributed by atoms with E-state index in [4.69, 9.17) is 0 Å². The van der Waals surface area contributed by atoms with E-state index in [9.17, 15) is 9.59 Å². The second-order valence-electron chi connectivity index (χ2n) is 1.56. The van der Waals surface area contributed by atoms with E-state index in [2.05, 4.69) is 16.1 Å². The summed E-state index contributed by atoms with van der Waals surface area (Å²) >= 11 is 2.76. The highest BCUT2D eigenvalue weighted by Gasteiger charge is 2.05. The van der Waals surface area contributed by atoms with Gasteiger partial charge in [0.1, 0.15) is 0 Å². The lowest BCUT2D eigenvalue weighted by Crippen LogP contribution is -2.17. The maximum absolute atomic E-state index is 10.6. The quantitative estimate of drug-likeness (QED) is 0.498. The van der Waals surface area contributed by atoms with Gasteiger partial charge in [-0.25, -0.2) is 3.93 Å². The van der Waals surface area contributed by atoms with Gasteiger partial charge in [0.15, 0.2) is 0 Å². The Morgan fingerprint density at radius 3 is 2.67 bits per heavy atom. The Bertz CT molecular complexity index is 116. The highest BCUT2D eigenvalue weighted by Crippen LogP contribution is 1.98. The number of imide groups is 1. The molecule has 0 rings (SSSR count). The van der Waals surface area contributed by atoms with Crippen molar-refractivity contribution in [3.05, 3.63) is 0 Å². The molecule has 0 aromatic carbocycles.